The molecule has 1 amide bonds. The number of hydrogen-bond acceptors (Lipinski definition) is 2. The zero-order valence-electron chi connectivity index (χ0n) is 11.3. The third-order valence-corrected chi connectivity index (χ3v) is 3.13. The summed E-state index contributed by atoms with van der Waals surface area (Å²) in [5.41, 5.74) is 0.978. The van der Waals surface area contributed by atoms with Crippen molar-refractivity contribution in [3.05, 3.63) is 35.9 Å². The molecule has 0 aliphatic heterocycles. The molecule has 0 N–H and O–H groups in total. The molecular weight excluding hydrogens is 224 g/mol. The number of amides is 1. The second-order valence-electron chi connectivity index (χ2n) is 5.15. The van der Waals surface area contributed by atoms with Gasteiger partial charge in [-0.2, -0.15) is 5.26 Å². The van der Waals surface area contributed by atoms with Gasteiger partial charge in [-0.25, -0.2) is 0 Å². The first-order valence-electron chi connectivity index (χ1n) is 6.14. The van der Waals surface area contributed by atoms with Gasteiger partial charge in [0.15, 0.2) is 0 Å². The van der Waals surface area contributed by atoms with Crippen LogP contribution in [0.4, 0.5) is 0 Å². The minimum atomic E-state index is -0.181. The Morgan fingerprint density at radius 2 is 1.94 bits per heavy atom. The van der Waals surface area contributed by atoms with E-state index in [0.717, 1.165) is 5.56 Å². The maximum absolute atomic E-state index is 12.1. The SMILES string of the molecule is CN(CCC#N)C(=O)CC(C)(C)c1ccccc1. The van der Waals surface area contributed by atoms with E-state index in [0.29, 0.717) is 19.4 Å². The number of hydrogen-bond donors (Lipinski definition) is 0. The molecule has 18 heavy (non-hydrogen) atoms. The number of nitrogens with zero attached hydrogens (tertiary/aromatic N) is 2. The molecule has 0 saturated heterocycles. The highest BCUT2D eigenvalue weighted by atomic mass is 16.2. The van der Waals surface area contributed by atoms with Crippen LogP contribution >= 0.6 is 0 Å². The number of benzene rings is 1. The summed E-state index contributed by atoms with van der Waals surface area (Å²) >= 11 is 0. The summed E-state index contributed by atoms with van der Waals surface area (Å²) < 4.78 is 0. The van der Waals surface area contributed by atoms with Gasteiger partial charge in [0, 0.05) is 20.0 Å². The molecule has 0 bridgehead atoms. The fourth-order valence-corrected chi connectivity index (χ4v) is 1.85. The van der Waals surface area contributed by atoms with Crippen molar-refractivity contribution in [3.8, 4) is 6.07 Å². The molecule has 1 aromatic rings. The van der Waals surface area contributed by atoms with Crippen molar-refractivity contribution >= 4 is 5.91 Å². The molecule has 0 aliphatic rings. The molecule has 0 aliphatic carbocycles. The summed E-state index contributed by atoms with van der Waals surface area (Å²) in [4.78, 5) is 13.7. The molecule has 3 heteroatoms. The highest BCUT2D eigenvalue weighted by Gasteiger charge is 2.25. The second-order valence-corrected chi connectivity index (χ2v) is 5.15. The number of nitriles is 1. The molecule has 0 spiro atoms. The summed E-state index contributed by atoms with van der Waals surface area (Å²) in [5, 5.41) is 8.52. The van der Waals surface area contributed by atoms with Crippen LogP contribution in [0.1, 0.15) is 32.3 Å². The van der Waals surface area contributed by atoms with E-state index in [9.17, 15) is 4.79 Å². The Labute approximate surface area is 109 Å². The van der Waals surface area contributed by atoms with Crippen molar-refractivity contribution in [2.75, 3.05) is 13.6 Å². The largest absolute Gasteiger partial charge is 0.345 e. The predicted octanol–water partition coefficient (Wildman–Crippen LogP) is 2.73. The maximum Gasteiger partial charge on any atom is 0.223 e. The van der Waals surface area contributed by atoms with Gasteiger partial charge in [0.1, 0.15) is 0 Å². The van der Waals surface area contributed by atoms with Crippen LogP contribution in [-0.4, -0.2) is 24.4 Å². The van der Waals surface area contributed by atoms with E-state index in [4.69, 9.17) is 5.26 Å². The second kappa shape index (κ2) is 6.20. The lowest BCUT2D eigenvalue weighted by Crippen LogP contribution is -2.33. The molecule has 0 atom stereocenters. The van der Waals surface area contributed by atoms with Gasteiger partial charge in [-0.05, 0) is 11.0 Å². The quantitative estimate of drug-likeness (QED) is 0.799. The third kappa shape index (κ3) is 3.89. The van der Waals surface area contributed by atoms with Crippen LogP contribution in [0.5, 0.6) is 0 Å². The predicted molar refractivity (Wildman–Crippen MR) is 72.0 cm³/mol. The topological polar surface area (TPSA) is 44.1 Å². The summed E-state index contributed by atoms with van der Waals surface area (Å²) in [7, 11) is 1.75. The minimum Gasteiger partial charge on any atom is -0.345 e. The van der Waals surface area contributed by atoms with Crippen LogP contribution in [-0.2, 0) is 10.2 Å². The first kappa shape index (κ1) is 14.2. The van der Waals surface area contributed by atoms with Gasteiger partial charge in [-0.3, -0.25) is 4.79 Å². The molecule has 0 radical (unpaired) electrons. The maximum atomic E-state index is 12.1. The number of carbonyl (C=O) groups is 1. The van der Waals surface area contributed by atoms with Crippen LogP contribution < -0.4 is 0 Å². The van der Waals surface area contributed by atoms with Crippen LogP contribution in [0.25, 0.3) is 0 Å². The van der Waals surface area contributed by atoms with Gasteiger partial charge in [0.2, 0.25) is 5.91 Å². The molecule has 1 aromatic carbocycles. The Bertz CT molecular complexity index is 432. The van der Waals surface area contributed by atoms with Crippen molar-refractivity contribution in [1.29, 1.82) is 5.26 Å². The fourth-order valence-electron chi connectivity index (χ4n) is 1.85. The van der Waals surface area contributed by atoms with E-state index < -0.39 is 0 Å². The Morgan fingerprint density at radius 3 is 2.50 bits per heavy atom. The number of carbonyl (C=O) groups excluding carboxylic acids is 1. The first-order chi connectivity index (χ1) is 8.47. The standard InChI is InChI=1S/C15H20N2O/c1-15(2,13-8-5-4-6-9-13)12-14(18)17(3)11-7-10-16/h4-6,8-9H,7,11-12H2,1-3H3. The fraction of sp³-hybridized carbons (Fsp3) is 0.467. The van der Waals surface area contributed by atoms with Crippen LogP contribution in [0.3, 0.4) is 0 Å². The highest BCUT2D eigenvalue weighted by Crippen LogP contribution is 2.27. The van der Waals surface area contributed by atoms with Crippen molar-refractivity contribution in [1.82, 2.24) is 4.90 Å². The molecule has 0 aromatic heterocycles. The molecule has 0 unspecified atom stereocenters. The highest BCUT2D eigenvalue weighted by molar-refractivity contribution is 5.77. The molecule has 0 saturated carbocycles. The van der Waals surface area contributed by atoms with E-state index in [-0.39, 0.29) is 11.3 Å². The summed E-state index contributed by atoms with van der Waals surface area (Å²) in [6, 6.07) is 12.1. The number of rotatable bonds is 5. The monoisotopic (exact) mass is 244 g/mol. The average Bonchev–Trinajstić information content (AvgIpc) is 2.36. The molecule has 96 valence electrons. The lowest BCUT2D eigenvalue weighted by atomic mass is 9.81. The van der Waals surface area contributed by atoms with Crippen LogP contribution in [0, 0.1) is 11.3 Å². The van der Waals surface area contributed by atoms with E-state index in [2.05, 4.69) is 19.9 Å². The van der Waals surface area contributed by atoms with Crippen molar-refractivity contribution in [2.24, 2.45) is 0 Å². The summed E-state index contributed by atoms with van der Waals surface area (Å²) in [5.74, 6) is 0.0825. The zero-order valence-corrected chi connectivity index (χ0v) is 11.3. The molecule has 0 heterocycles. The van der Waals surface area contributed by atoms with Crippen LogP contribution in [0.15, 0.2) is 30.3 Å². The van der Waals surface area contributed by atoms with Crippen molar-refractivity contribution in [3.63, 3.8) is 0 Å². The van der Waals surface area contributed by atoms with Gasteiger partial charge < -0.3 is 4.90 Å². The Kier molecular flexibility index (Phi) is 4.91. The van der Waals surface area contributed by atoms with E-state index in [1.807, 2.05) is 30.3 Å². The Morgan fingerprint density at radius 1 is 1.33 bits per heavy atom. The van der Waals surface area contributed by atoms with Crippen molar-refractivity contribution in [2.45, 2.75) is 32.1 Å². The van der Waals surface area contributed by atoms with Gasteiger partial charge in [-0.1, -0.05) is 44.2 Å². The molecular formula is C15H20N2O. The normalized spacial score (nSPS) is 10.8. The first-order valence-corrected chi connectivity index (χ1v) is 6.14. The summed E-state index contributed by atoms with van der Waals surface area (Å²) in [6.07, 6.45) is 0.840. The van der Waals surface area contributed by atoms with E-state index in [1.54, 1.807) is 11.9 Å². The molecule has 1 rings (SSSR count). The smallest absolute Gasteiger partial charge is 0.223 e. The molecule has 3 nitrogen and oxygen atoms in total. The lowest BCUT2D eigenvalue weighted by Gasteiger charge is -2.27. The Balaban J connectivity index is 2.66. The van der Waals surface area contributed by atoms with E-state index in [1.165, 1.54) is 0 Å². The van der Waals surface area contributed by atoms with E-state index >= 15 is 0 Å². The third-order valence-electron chi connectivity index (χ3n) is 3.13. The van der Waals surface area contributed by atoms with Gasteiger partial charge in [0.05, 0.1) is 12.5 Å². The van der Waals surface area contributed by atoms with Gasteiger partial charge in [-0.15, -0.1) is 0 Å². The van der Waals surface area contributed by atoms with Crippen molar-refractivity contribution < 1.29 is 4.79 Å². The van der Waals surface area contributed by atoms with Crippen LogP contribution in [0.2, 0.25) is 0 Å². The average molecular weight is 244 g/mol. The van der Waals surface area contributed by atoms with Gasteiger partial charge >= 0.3 is 0 Å². The molecule has 0 fully saturated rings. The van der Waals surface area contributed by atoms with Gasteiger partial charge in [0.25, 0.3) is 0 Å². The zero-order chi connectivity index (χ0) is 13.6. The lowest BCUT2D eigenvalue weighted by molar-refractivity contribution is -0.130. The minimum absolute atomic E-state index is 0.0825. The Hall–Kier alpha value is -1.82. The summed E-state index contributed by atoms with van der Waals surface area (Å²) in [6.45, 7) is 4.64.